The molecule has 0 aliphatic carbocycles. The van der Waals surface area contributed by atoms with Crippen LogP contribution in [0.5, 0.6) is 0 Å². The normalized spacial score (nSPS) is 11.2. The largest absolute Gasteiger partial charge is 0.353 e. The van der Waals surface area contributed by atoms with Crippen LogP contribution in [0.25, 0.3) is 0 Å². The van der Waals surface area contributed by atoms with E-state index in [0.717, 1.165) is 30.3 Å². The molecule has 2 aromatic rings. The van der Waals surface area contributed by atoms with Crippen molar-refractivity contribution in [1.29, 1.82) is 0 Å². The third-order valence-electron chi connectivity index (χ3n) is 3.88. The maximum absolute atomic E-state index is 4.62. The summed E-state index contributed by atoms with van der Waals surface area (Å²) in [6.07, 6.45) is 0. The Balaban J connectivity index is 2.23. The molecule has 5 heteroatoms. The molecule has 0 radical (unpaired) electrons. The van der Waals surface area contributed by atoms with Gasteiger partial charge in [0.25, 0.3) is 0 Å². The lowest BCUT2D eigenvalue weighted by molar-refractivity contribution is 0.425. The van der Waals surface area contributed by atoms with Crippen LogP contribution < -0.4 is 10.6 Å². The molecule has 130 valence electrons. The topological polar surface area (TPSA) is 53.1 Å². The molecule has 1 aromatic carbocycles. The van der Waals surface area contributed by atoms with Gasteiger partial charge in [-0.3, -0.25) is 0 Å². The molecule has 0 fully saturated rings. The van der Waals surface area contributed by atoms with Crippen molar-refractivity contribution in [2.75, 3.05) is 37.8 Å². The third-order valence-corrected chi connectivity index (χ3v) is 3.88. The van der Waals surface area contributed by atoms with E-state index >= 15 is 0 Å². The number of aromatic nitrogens is 2. The summed E-state index contributed by atoms with van der Waals surface area (Å²) in [5.41, 5.74) is 4.61. The van der Waals surface area contributed by atoms with Crippen LogP contribution in [0.1, 0.15) is 36.6 Å². The Hall–Kier alpha value is -2.14. The van der Waals surface area contributed by atoms with Gasteiger partial charge in [0.1, 0.15) is 5.82 Å². The zero-order chi connectivity index (χ0) is 17.7. The second-order valence-electron chi connectivity index (χ2n) is 6.77. The van der Waals surface area contributed by atoms with Crippen LogP contribution in [0.3, 0.4) is 0 Å². The van der Waals surface area contributed by atoms with Gasteiger partial charge in [0.2, 0.25) is 5.95 Å². The number of para-hydroxylation sites is 1. The summed E-state index contributed by atoms with van der Waals surface area (Å²) in [7, 11) is 4.11. The van der Waals surface area contributed by atoms with E-state index in [0.29, 0.717) is 11.9 Å². The van der Waals surface area contributed by atoms with Crippen molar-refractivity contribution >= 4 is 17.5 Å². The highest BCUT2D eigenvalue weighted by atomic mass is 15.2. The highest BCUT2D eigenvalue weighted by Crippen LogP contribution is 2.30. The number of rotatable bonds is 7. The highest BCUT2D eigenvalue weighted by molar-refractivity contribution is 5.66. The summed E-state index contributed by atoms with van der Waals surface area (Å²) in [5, 5.41) is 6.79. The number of aryl methyl sites for hydroxylation is 2. The molecule has 0 aliphatic heterocycles. The fourth-order valence-electron chi connectivity index (χ4n) is 2.57. The lowest BCUT2D eigenvalue weighted by atomic mass is 9.98. The lowest BCUT2D eigenvalue weighted by Crippen LogP contribution is -2.21. The van der Waals surface area contributed by atoms with E-state index in [9.17, 15) is 0 Å². The number of nitrogens with zero attached hydrogens (tertiary/aromatic N) is 3. The molecule has 0 spiro atoms. The molecular weight excluding hydrogens is 298 g/mol. The third kappa shape index (κ3) is 4.93. The minimum atomic E-state index is 0.452. The van der Waals surface area contributed by atoms with E-state index in [1.807, 2.05) is 13.0 Å². The van der Waals surface area contributed by atoms with Gasteiger partial charge in [-0.1, -0.05) is 32.0 Å². The van der Waals surface area contributed by atoms with Crippen molar-refractivity contribution in [2.45, 2.75) is 33.6 Å². The van der Waals surface area contributed by atoms with Gasteiger partial charge >= 0.3 is 0 Å². The first-order valence-corrected chi connectivity index (χ1v) is 8.47. The highest BCUT2D eigenvalue weighted by Gasteiger charge is 2.11. The molecule has 0 unspecified atom stereocenters. The zero-order valence-corrected chi connectivity index (χ0v) is 15.6. The average molecular weight is 327 g/mol. The van der Waals surface area contributed by atoms with Gasteiger partial charge in [0, 0.05) is 30.5 Å². The van der Waals surface area contributed by atoms with Crippen molar-refractivity contribution in [3.05, 3.63) is 41.1 Å². The van der Waals surface area contributed by atoms with E-state index in [-0.39, 0.29) is 0 Å². The first-order valence-electron chi connectivity index (χ1n) is 8.47. The van der Waals surface area contributed by atoms with Crippen LogP contribution in [0.2, 0.25) is 0 Å². The molecule has 1 aromatic heterocycles. The van der Waals surface area contributed by atoms with Crippen LogP contribution in [0.15, 0.2) is 24.3 Å². The molecule has 5 nitrogen and oxygen atoms in total. The number of hydrogen-bond donors (Lipinski definition) is 2. The summed E-state index contributed by atoms with van der Waals surface area (Å²) >= 11 is 0. The summed E-state index contributed by atoms with van der Waals surface area (Å²) in [5.74, 6) is 1.94. The van der Waals surface area contributed by atoms with E-state index in [2.05, 4.69) is 78.6 Å². The minimum absolute atomic E-state index is 0.452. The summed E-state index contributed by atoms with van der Waals surface area (Å²) in [4.78, 5) is 11.2. The molecule has 0 atom stereocenters. The number of hydrogen-bond acceptors (Lipinski definition) is 5. The maximum Gasteiger partial charge on any atom is 0.224 e. The van der Waals surface area contributed by atoms with Crippen LogP contribution in [0.4, 0.5) is 17.5 Å². The zero-order valence-electron chi connectivity index (χ0n) is 15.6. The summed E-state index contributed by atoms with van der Waals surface area (Å²) in [6, 6.07) is 8.38. The van der Waals surface area contributed by atoms with Gasteiger partial charge in [-0.25, -0.2) is 4.98 Å². The van der Waals surface area contributed by atoms with E-state index in [4.69, 9.17) is 0 Å². The van der Waals surface area contributed by atoms with E-state index < -0.39 is 0 Å². The van der Waals surface area contributed by atoms with Gasteiger partial charge in [-0.15, -0.1) is 0 Å². The van der Waals surface area contributed by atoms with Gasteiger partial charge in [-0.2, -0.15) is 4.98 Å². The fraction of sp³-hybridized carbons (Fsp3) is 0.474. The lowest BCUT2D eigenvalue weighted by Gasteiger charge is -2.17. The Morgan fingerprint density at radius 1 is 1.12 bits per heavy atom. The van der Waals surface area contributed by atoms with Crippen LogP contribution in [0, 0.1) is 13.8 Å². The standard InChI is InChI=1S/C19H29N5/c1-13(2)16-9-7-8-14(3)18(16)22-17-12-15(4)21-19(23-17)20-10-11-24(5)6/h7-9,12-13H,10-11H2,1-6H3,(H2,20,21,22,23). The Morgan fingerprint density at radius 3 is 2.54 bits per heavy atom. The van der Waals surface area contributed by atoms with Crippen LogP contribution in [-0.4, -0.2) is 42.1 Å². The number of anilines is 3. The molecule has 0 amide bonds. The Kier molecular flexibility index (Phi) is 6.15. The average Bonchev–Trinajstić information content (AvgIpc) is 2.48. The minimum Gasteiger partial charge on any atom is -0.353 e. The van der Waals surface area contributed by atoms with Gasteiger partial charge in [0.05, 0.1) is 0 Å². The summed E-state index contributed by atoms with van der Waals surface area (Å²) in [6.45, 7) is 10.3. The van der Waals surface area contributed by atoms with Crippen molar-refractivity contribution in [3.63, 3.8) is 0 Å². The Morgan fingerprint density at radius 2 is 1.88 bits per heavy atom. The molecule has 0 bridgehead atoms. The van der Waals surface area contributed by atoms with Crippen molar-refractivity contribution in [1.82, 2.24) is 14.9 Å². The van der Waals surface area contributed by atoms with Crippen molar-refractivity contribution < 1.29 is 0 Å². The van der Waals surface area contributed by atoms with Crippen molar-refractivity contribution in [3.8, 4) is 0 Å². The SMILES string of the molecule is Cc1cc(Nc2c(C)cccc2C(C)C)nc(NCCN(C)C)n1. The predicted octanol–water partition coefficient (Wildman–Crippen LogP) is 3.93. The number of benzene rings is 1. The molecule has 1 heterocycles. The van der Waals surface area contributed by atoms with Gasteiger partial charge in [-0.05, 0) is 45.0 Å². The number of likely N-dealkylation sites (N-methyl/N-ethyl adjacent to an activating group) is 1. The molecule has 2 N–H and O–H groups in total. The van der Waals surface area contributed by atoms with E-state index in [1.165, 1.54) is 11.1 Å². The predicted molar refractivity (Wildman–Crippen MR) is 102 cm³/mol. The fourth-order valence-corrected chi connectivity index (χ4v) is 2.57. The first kappa shape index (κ1) is 18.2. The quantitative estimate of drug-likeness (QED) is 0.807. The number of nitrogens with one attached hydrogen (secondary N) is 2. The Labute approximate surface area is 145 Å². The Bertz CT molecular complexity index is 679. The maximum atomic E-state index is 4.62. The molecular formula is C19H29N5. The van der Waals surface area contributed by atoms with Crippen molar-refractivity contribution in [2.24, 2.45) is 0 Å². The molecule has 24 heavy (non-hydrogen) atoms. The summed E-state index contributed by atoms with van der Waals surface area (Å²) < 4.78 is 0. The van der Waals surface area contributed by atoms with E-state index in [1.54, 1.807) is 0 Å². The molecule has 0 saturated heterocycles. The second kappa shape index (κ2) is 8.11. The molecule has 0 saturated carbocycles. The first-order chi connectivity index (χ1) is 11.4. The smallest absolute Gasteiger partial charge is 0.224 e. The van der Waals surface area contributed by atoms with Gasteiger partial charge < -0.3 is 15.5 Å². The molecule has 0 aliphatic rings. The van der Waals surface area contributed by atoms with Gasteiger partial charge in [0.15, 0.2) is 0 Å². The monoisotopic (exact) mass is 327 g/mol. The molecule has 2 rings (SSSR count). The second-order valence-corrected chi connectivity index (χ2v) is 6.77. The van der Waals surface area contributed by atoms with Crippen LogP contribution >= 0.6 is 0 Å². The van der Waals surface area contributed by atoms with Crippen LogP contribution in [-0.2, 0) is 0 Å².